The van der Waals surface area contributed by atoms with E-state index in [-0.39, 0.29) is 12.4 Å². The molecule has 0 aromatic heterocycles. The Bertz CT molecular complexity index is 580. The minimum absolute atomic E-state index is 0. The van der Waals surface area contributed by atoms with Crippen LogP contribution in [0, 0.1) is 0 Å². The molecule has 3 rings (SSSR count). The lowest BCUT2D eigenvalue weighted by Gasteiger charge is -2.32. The van der Waals surface area contributed by atoms with Crippen LogP contribution in [-0.4, -0.2) is 56.2 Å². The van der Waals surface area contributed by atoms with Gasteiger partial charge in [-0.05, 0) is 36.7 Å². The number of halogens is 1. The van der Waals surface area contributed by atoms with Crippen LogP contribution in [0.4, 0.5) is 0 Å². The standard InChI is InChI=1S/C20H26N2O.ClH/c1-21-11-13-22(14-12-21)15-16-23-20-9-7-19(8-10-20)17-18-5-3-2-4-6-18;/h2-10H,11-17H2,1H3;1H/p-1. The Labute approximate surface area is 151 Å². The molecule has 3 nitrogen and oxygen atoms in total. The fourth-order valence-corrected chi connectivity index (χ4v) is 2.90. The summed E-state index contributed by atoms with van der Waals surface area (Å²) in [5.41, 5.74) is 2.67. The van der Waals surface area contributed by atoms with Crippen LogP contribution < -0.4 is 17.1 Å². The van der Waals surface area contributed by atoms with Crippen molar-refractivity contribution in [3.63, 3.8) is 0 Å². The van der Waals surface area contributed by atoms with Crippen LogP contribution in [0.3, 0.4) is 0 Å². The number of likely N-dealkylation sites (N-methyl/N-ethyl adjacent to an activating group) is 1. The van der Waals surface area contributed by atoms with Crippen LogP contribution in [0.25, 0.3) is 0 Å². The van der Waals surface area contributed by atoms with Gasteiger partial charge >= 0.3 is 0 Å². The van der Waals surface area contributed by atoms with Gasteiger partial charge in [-0.15, -0.1) is 0 Å². The highest BCUT2D eigenvalue weighted by atomic mass is 35.5. The van der Waals surface area contributed by atoms with Gasteiger partial charge in [-0.2, -0.15) is 0 Å². The van der Waals surface area contributed by atoms with E-state index in [1.54, 1.807) is 0 Å². The van der Waals surface area contributed by atoms with Gasteiger partial charge in [0, 0.05) is 32.7 Å². The van der Waals surface area contributed by atoms with Gasteiger partial charge in [-0.3, -0.25) is 4.90 Å². The summed E-state index contributed by atoms with van der Waals surface area (Å²) < 4.78 is 5.89. The van der Waals surface area contributed by atoms with Crippen molar-refractivity contribution >= 4 is 0 Å². The lowest BCUT2D eigenvalue weighted by molar-refractivity contribution is -0.00000520. The summed E-state index contributed by atoms with van der Waals surface area (Å²) in [5, 5.41) is 0. The molecule has 2 aromatic carbocycles. The topological polar surface area (TPSA) is 15.7 Å². The Morgan fingerprint density at radius 1 is 0.833 bits per heavy atom. The highest BCUT2D eigenvalue weighted by Crippen LogP contribution is 2.15. The largest absolute Gasteiger partial charge is 1.00 e. The summed E-state index contributed by atoms with van der Waals surface area (Å²) in [5.74, 6) is 0.968. The normalized spacial score (nSPS) is 15.7. The summed E-state index contributed by atoms with van der Waals surface area (Å²) >= 11 is 0. The van der Waals surface area contributed by atoms with Crippen molar-refractivity contribution in [3.05, 3.63) is 65.7 Å². The first-order valence-corrected chi connectivity index (χ1v) is 8.46. The van der Waals surface area contributed by atoms with Gasteiger partial charge in [0.1, 0.15) is 12.4 Å². The third-order valence-electron chi connectivity index (χ3n) is 4.45. The van der Waals surface area contributed by atoms with Crippen molar-refractivity contribution in [2.45, 2.75) is 6.42 Å². The monoisotopic (exact) mass is 345 g/mol. The predicted molar refractivity (Wildman–Crippen MR) is 95.1 cm³/mol. The van der Waals surface area contributed by atoms with Crippen LogP contribution in [0.2, 0.25) is 0 Å². The maximum Gasteiger partial charge on any atom is 0.119 e. The number of hydrogen-bond acceptors (Lipinski definition) is 3. The zero-order valence-corrected chi connectivity index (χ0v) is 15.1. The molecule has 1 saturated heterocycles. The third-order valence-corrected chi connectivity index (χ3v) is 4.45. The highest BCUT2D eigenvalue weighted by molar-refractivity contribution is 5.31. The average Bonchev–Trinajstić information content (AvgIpc) is 2.59. The summed E-state index contributed by atoms with van der Waals surface area (Å²) in [4.78, 5) is 4.85. The Kier molecular flexibility index (Phi) is 7.57. The van der Waals surface area contributed by atoms with Crippen LogP contribution >= 0.6 is 0 Å². The molecule has 0 atom stereocenters. The van der Waals surface area contributed by atoms with E-state index in [4.69, 9.17) is 4.74 Å². The van der Waals surface area contributed by atoms with Gasteiger partial charge in [0.05, 0.1) is 0 Å². The van der Waals surface area contributed by atoms with Gasteiger partial charge in [0.2, 0.25) is 0 Å². The maximum atomic E-state index is 5.89. The first kappa shape index (κ1) is 18.8. The van der Waals surface area contributed by atoms with E-state index in [0.29, 0.717) is 0 Å². The van der Waals surface area contributed by atoms with Crippen LogP contribution in [-0.2, 0) is 6.42 Å². The summed E-state index contributed by atoms with van der Waals surface area (Å²) in [6.07, 6.45) is 0.975. The lowest BCUT2D eigenvalue weighted by atomic mass is 10.1. The molecule has 24 heavy (non-hydrogen) atoms. The van der Waals surface area contributed by atoms with Gasteiger partial charge < -0.3 is 22.0 Å². The van der Waals surface area contributed by atoms with Crippen molar-refractivity contribution in [2.24, 2.45) is 0 Å². The van der Waals surface area contributed by atoms with Crippen molar-refractivity contribution in [1.29, 1.82) is 0 Å². The Morgan fingerprint density at radius 3 is 2.12 bits per heavy atom. The second-order valence-electron chi connectivity index (χ2n) is 6.30. The predicted octanol–water partition coefficient (Wildman–Crippen LogP) is -0.0924. The maximum absolute atomic E-state index is 5.89. The number of hydrogen-bond donors (Lipinski definition) is 0. The van der Waals surface area contributed by atoms with E-state index < -0.39 is 0 Å². The minimum atomic E-state index is 0. The van der Waals surface area contributed by atoms with Crippen molar-refractivity contribution in [2.75, 3.05) is 46.4 Å². The highest BCUT2D eigenvalue weighted by Gasteiger charge is 2.13. The fraction of sp³-hybridized carbons (Fsp3) is 0.400. The lowest BCUT2D eigenvalue weighted by Crippen LogP contribution is -3.00. The van der Waals surface area contributed by atoms with Crippen molar-refractivity contribution < 1.29 is 17.1 Å². The smallest absolute Gasteiger partial charge is 0.119 e. The minimum Gasteiger partial charge on any atom is -1.00 e. The summed E-state index contributed by atoms with van der Waals surface area (Å²) in [6, 6.07) is 19.1. The molecule has 1 heterocycles. The molecule has 0 unspecified atom stereocenters. The quantitative estimate of drug-likeness (QED) is 0.727. The SMILES string of the molecule is CN1CCN(CCOc2ccc(Cc3ccccc3)cc2)CC1.[Cl-]. The zero-order chi connectivity index (χ0) is 15.9. The molecule has 2 aromatic rings. The Balaban J connectivity index is 0.00000208. The molecule has 1 aliphatic heterocycles. The van der Waals surface area contributed by atoms with E-state index in [0.717, 1.165) is 51.5 Å². The molecular formula is C20H26ClN2O-. The fourth-order valence-electron chi connectivity index (χ4n) is 2.90. The van der Waals surface area contributed by atoms with Gasteiger partial charge in [0.15, 0.2) is 0 Å². The number of ether oxygens (including phenoxy) is 1. The van der Waals surface area contributed by atoms with E-state index in [9.17, 15) is 0 Å². The first-order valence-electron chi connectivity index (χ1n) is 8.46. The second-order valence-corrected chi connectivity index (χ2v) is 6.30. The molecule has 1 fully saturated rings. The molecule has 0 radical (unpaired) electrons. The number of rotatable bonds is 6. The van der Waals surface area contributed by atoms with E-state index in [1.807, 2.05) is 0 Å². The Hall–Kier alpha value is -1.55. The Morgan fingerprint density at radius 2 is 1.46 bits per heavy atom. The number of nitrogens with zero attached hydrogens (tertiary/aromatic N) is 2. The first-order chi connectivity index (χ1) is 11.3. The molecule has 0 aliphatic carbocycles. The van der Waals surface area contributed by atoms with E-state index in [2.05, 4.69) is 71.4 Å². The molecule has 0 bridgehead atoms. The third kappa shape index (κ3) is 5.82. The van der Waals surface area contributed by atoms with Gasteiger partial charge in [-0.1, -0.05) is 42.5 Å². The average molecular weight is 346 g/mol. The van der Waals surface area contributed by atoms with Crippen LogP contribution in [0.5, 0.6) is 5.75 Å². The number of benzene rings is 2. The van der Waals surface area contributed by atoms with E-state index >= 15 is 0 Å². The molecular weight excluding hydrogens is 320 g/mol. The van der Waals surface area contributed by atoms with Crippen molar-refractivity contribution in [1.82, 2.24) is 9.80 Å². The molecule has 0 N–H and O–H groups in total. The number of piperazine rings is 1. The van der Waals surface area contributed by atoms with Gasteiger partial charge in [0.25, 0.3) is 0 Å². The molecule has 4 heteroatoms. The van der Waals surface area contributed by atoms with Gasteiger partial charge in [-0.25, -0.2) is 0 Å². The van der Waals surface area contributed by atoms with E-state index in [1.165, 1.54) is 11.1 Å². The molecule has 130 valence electrons. The summed E-state index contributed by atoms with van der Waals surface area (Å²) in [7, 11) is 2.19. The zero-order valence-electron chi connectivity index (χ0n) is 14.3. The van der Waals surface area contributed by atoms with Crippen LogP contribution in [0.1, 0.15) is 11.1 Å². The summed E-state index contributed by atoms with van der Waals surface area (Å²) in [6.45, 7) is 6.40. The molecule has 1 aliphatic rings. The van der Waals surface area contributed by atoms with Crippen molar-refractivity contribution in [3.8, 4) is 5.75 Å². The molecule has 0 saturated carbocycles. The molecule has 0 spiro atoms. The second kappa shape index (κ2) is 9.67. The van der Waals surface area contributed by atoms with Crippen LogP contribution in [0.15, 0.2) is 54.6 Å². The molecule has 0 amide bonds.